The molecule has 4 aromatic rings. The zero-order chi connectivity index (χ0) is 26.8. The molecule has 0 fully saturated rings. The van der Waals surface area contributed by atoms with Gasteiger partial charge in [0, 0.05) is 12.3 Å². The molecule has 0 aromatic heterocycles. The smallest absolute Gasteiger partial charge is 0.290 e. The normalized spacial score (nSPS) is 17.5. The first kappa shape index (κ1) is 24.9. The van der Waals surface area contributed by atoms with Crippen LogP contribution in [0.3, 0.4) is 0 Å². The van der Waals surface area contributed by atoms with Gasteiger partial charge in [0.15, 0.2) is 5.76 Å². The molecule has 6 nitrogen and oxygen atoms in total. The Morgan fingerprint density at radius 1 is 0.897 bits per heavy atom. The molecular weight excluding hydrogens is 490 g/mol. The molecular formula is C33H29NO5. The fraction of sp³-hybridized carbons (Fsp3) is 0.182. The van der Waals surface area contributed by atoms with Crippen molar-refractivity contribution in [2.75, 3.05) is 5.32 Å². The van der Waals surface area contributed by atoms with Crippen LogP contribution in [0.15, 0.2) is 103 Å². The number of anilines is 1. The number of allylic oxidation sites excluding steroid dienone is 1. The lowest BCUT2D eigenvalue weighted by molar-refractivity contribution is -0.147. The van der Waals surface area contributed by atoms with Crippen LogP contribution in [0.25, 0.3) is 11.1 Å². The number of hydrogen-bond donors (Lipinski definition) is 3. The van der Waals surface area contributed by atoms with Gasteiger partial charge in [-0.05, 0) is 63.6 Å². The highest BCUT2D eigenvalue weighted by molar-refractivity contribution is 6.03. The number of carbonyl (C=O) groups excluding carboxylic acids is 1. The van der Waals surface area contributed by atoms with Gasteiger partial charge in [-0.2, -0.15) is 0 Å². The first-order chi connectivity index (χ1) is 19.1. The van der Waals surface area contributed by atoms with E-state index in [0.29, 0.717) is 18.7 Å². The van der Waals surface area contributed by atoms with Crippen LogP contribution in [-0.2, 0) is 33.9 Å². The van der Waals surface area contributed by atoms with Crippen LogP contribution in [-0.4, -0.2) is 22.4 Å². The zero-order valence-electron chi connectivity index (χ0n) is 21.3. The number of aliphatic hydroxyl groups is 1. The summed E-state index contributed by atoms with van der Waals surface area (Å²) < 4.78 is 12.2. The number of phenolic OH excluding ortho intramolecular Hbond substituents is 1. The van der Waals surface area contributed by atoms with E-state index in [4.69, 9.17) is 9.47 Å². The quantitative estimate of drug-likeness (QED) is 0.229. The number of aliphatic hydroxyl groups excluding tert-OH is 1. The number of benzene rings is 4. The van der Waals surface area contributed by atoms with Gasteiger partial charge in [-0.1, -0.05) is 78.9 Å². The Kier molecular flexibility index (Phi) is 6.88. The Hall–Kier alpha value is -4.39. The molecule has 1 amide bonds. The molecule has 4 aromatic carbocycles. The molecule has 0 bridgehead atoms. The minimum Gasteiger partial charge on any atom is -0.506 e. The van der Waals surface area contributed by atoms with Crippen molar-refractivity contribution in [1.29, 1.82) is 0 Å². The van der Waals surface area contributed by atoms with Crippen LogP contribution in [0.2, 0.25) is 0 Å². The highest BCUT2D eigenvalue weighted by atomic mass is 16.7. The molecule has 2 aliphatic rings. The molecule has 1 heterocycles. The molecule has 196 valence electrons. The monoisotopic (exact) mass is 519 g/mol. The van der Waals surface area contributed by atoms with Gasteiger partial charge >= 0.3 is 0 Å². The third kappa shape index (κ3) is 5.17. The topological polar surface area (TPSA) is 88.0 Å². The minimum absolute atomic E-state index is 0.0138. The van der Waals surface area contributed by atoms with E-state index < -0.39 is 12.2 Å². The van der Waals surface area contributed by atoms with Crippen LogP contribution in [0.4, 0.5) is 5.69 Å². The molecule has 0 radical (unpaired) electrons. The standard InChI is InChI=1S/C33H29NO5/c35-19-21-12-14-22(15-13-21)20-38-32-18-24(17-31(39-32)33(37)34-29-10-3-4-11-30(29)36)26-8-5-9-27-25-7-2-1-6-23(25)16-28(26)27/h1-15,17,24,32,35-36H,16,18-20H2,(H,34,37)/t24-,32+/m1/s1. The third-order valence-electron chi connectivity index (χ3n) is 7.36. The number of aromatic hydroxyl groups is 1. The van der Waals surface area contributed by atoms with Crippen molar-refractivity contribution >= 4 is 11.6 Å². The van der Waals surface area contributed by atoms with E-state index in [9.17, 15) is 15.0 Å². The van der Waals surface area contributed by atoms with E-state index in [0.717, 1.165) is 23.1 Å². The van der Waals surface area contributed by atoms with Gasteiger partial charge in [0.2, 0.25) is 6.29 Å². The van der Waals surface area contributed by atoms with Gasteiger partial charge in [0.1, 0.15) is 5.75 Å². The molecule has 0 spiro atoms. The second kappa shape index (κ2) is 10.8. The Labute approximate surface area is 227 Å². The third-order valence-corrected chi connectivity index (χ3v) is 7.36. The van der Waals surface area contributed by atoms with Gasteiger partial charge < -0.3 is 25.0 Å². The highest BCUT2D eigenvalue weighted by Crippen LogP contribution is 2.43. The lowest BCUT2D eigenvalue weighted by Gasteiger charge is -2.30. The number of amides is 1. The van der Waals surface area contributed by atoms with Gasteiger partial charge in [-0.25, -0.2) is 0 Å². The lowest BCUT2D eigenvalue weighted by Crippen LogP contribution is -2.29. The molecule has 39 heavy (non-hydrogen) atoms. The molecule has 0 unspecified atom stereocenters. The fourth-order valence-corrected chi connectivity index (χ4v) is 5.36. The first-order valence-corrected chi connectivity index (χ1v) is 13.1. The maximum Gasteiger partial charge on any atom is 0.290 e. The number of ether oxygens (including phenoxy) is 2. The Morgan fingerprint density at radius 3 is 2.46 bits per heavy atom. The molecule has 6 heteroatoms. The van der Waals surface area contributed by atoms with Crippen molar-refractivity contribution in [1.82, 2.24) is 0 Å². The van der Waals surface area contributed by atoms with Gasteiger partial charge in [-0.15, -0.1) is 0 Å². The SMILES string of the molecule is O=C(Nc1ccccc1O)C1=C[C@@H](c2cccc3c2Cc2ccccc2-3)C[C@@H](OCc2ccc(CO)cc2)O1. The van der Waals surface area contributed by atoms with Crippen molar-refractivity contribution < 1.29 is 24.5 Å². The fourth-order valence-electron chi connectivity index (χ4n) is 5.36. The van der Waals surface area contributed by atoms with Gasteiger partial charge in [-0.3, -0.25) is 4.79 Å². The Balaban J connectivity index is 1.29. The molecule has 1 aliphatic heterocycles. The van der Waals surface area contributed by atoms with E-state index in [-0.39, 0.29) is 24.0 Å². The average molecular weight is 520 g/mol. The second-order valence-corrected chi connectivity index (χ2v) is 9.88. The summed E-state index contributed by atoms with van der Waals surface area (Å²) in [6.45, 7) is 0.288. The summed E-state index contributed by atoms with van der Waals surface area (Å²) in [5, 5.41) is 22.2. The molecule has 1 aliphatic carbocycles. The van der Waals surface area contributed by atoms with Crippen LogP contribution >= 0.6 is 0 Å². The maximum atomic E-state index is 13.3. The van der Waals surface area contributed by atoms with E-state index in [1.165, 1.54) is 28.3 Å². The minimum atomic E-state index is -0.651. The summed E-state index contributed by atoms with van der Waals surface area (Å²) in [5.74, 6) is -0.410. The molecule has 6 rings (SSSR count). The number of fused-ring (bicyclic) bond motifs is 3. The molecule has 2 atom stereocenters. The number of nitrogens with one attached hydrogen (secondary N) is 1. The molecule has 0 saturated heterocycles. The van der Waals surface area contributed by atoms with E-state index >= 15 is 0 Å². The summed E-state index contributed by atoms with van der Waals surface area (Å²) in [4.78, 5) is 13.3. The Morgan fingerprint density at radius 2 is 1.64 bits per heavy atom. The predicted molar refractivity (Wildman–Crippen MR) is 149 cm³/mol. The second-order valence-electron chi connectivity index (χ2n) is 9.88. The largest absolute Gasteiger partial charge is 0.506 e. The number of hydrogen-bond acceptors (Lipinski definition) is 5. The zero-order valence-corrected chi connectivity index (χ0v) is 21.3. The average Bonchev–Trinajstić information content (AvgIpc) is 3.36. The number of phenols is 1. The summed E-state index contributed by atoms with van der Waals surface area (Å²) in [6.07, 6.45) is 2.61. The van der Waals surface area contributed by atoms with E-state index in [1.54, 1.807) is 18.2 Å². The van der Waals surface area contributed by atoms with Crippen LogP contribution in [0.1, 0.15) is 40.2 Å². The predicted octanol–water partition coefficient (Wildman–Crippen LogP) is 6.03. The van der Waals surface area contributed by atoms with Crippen molar-refractivity contribution in [2.24, 2.45) is 0 Å². The van der Waals surface area contributed by atoms with Gasteiger partial charge in [0.05, 0.1) is 18.9 Å². The van der Waals surface area contributed by atoms with Crippen LogP contribution < -0.4 is 5.32 Å². The summed E-state index contributed by atoms with van der Waals surface area (Å²) >= 11 is 0. The highest BCUT2D eigenvalue weighted by Gasteiger charge is 2.32. The molecule has 0 saturated carbocycles. The Bertz CT molecular complexity index is 1540. The van der Waals surface area contributed by atoms with Crippen LogP contribution in [0, 0.1) is 0 Å². The van der Waals surface area contributed by atoms with E-state index in [1.807, 2.05) is 30.3 Å². The summed E-state index contributed by atoms with van der Waals surface area (Å²) in [5.41, 5.74) is 8.28. The first-order valence-electron chi connectivity index (χ1n) is 13.1. The van der Waals surface area contributed by atoms with Crippen molar-refractivity contribution in [3.8, 4) is 16.9 Å². The maximum absolute atomic E-state index is 13.3. The lowest BCUT2D eigenvalue weighted by atomic mass is 9.87. The molecule has 3 N–H and O–H groups in total. The number of para-hydroxylation sites is 2. The van der Waals surface area contributed by atoms with Crippen molar-refractivity contribution in [3.63, 3.8) is 0 Å². The van der Waals surface area contributed by atoms with Crippen LogP contribution in [0.5, 0.6) is 5.75 Å². The van der Waals surface area contributed by atoms with Crippen molar-refractivity contribution in [2.45, 2.75) is 38.3 Å². The van der Waals surface area contributed by atoms with Crippen molar-refractivity contribution in [3.05, 3.63) is 131 Å². The van der Waals surface area contributed by atoms with Gasteiger partial charge in [0.25, 0.3) is 5.91 Å². The van der Waals surface area contributed by atoms with E-state index in [2.05, 4.69) is 47.8 Å². The number of carbonyl (C=O) groups is 1. The number of rotatable bonds is 7. The summed E-state index contributed by atoms with van der Waals surface area (Å²) in [7, 11) is 0. The summed E-state index contributed by atoms with van der Waals surface area (Å²) in [6, 6.07) is 28.9.